The predicted molar refractivity (Wildman–Crippen MR) is 92.1 cm³/mol. The second-order valence-electron chi connectivity index (χ2n) is 6.86. The van der Waals surface area contributed by atoms with Gasteiger partial charge in [0, 0.05) is 43.2 Å². The van der Waals surface area contributed by atoms with Crippen LogP contribution in [0.15, 0.2) is 36.5 Å². The Hall–Kier alpha value is -2.21. The number of benzene rings is 1. The molecule has 4 nitrogen and oxygen atoms in total. The summed E-state index contributed by atoms with van der Waals surface area (Å²) in [5, 5.41) is 2.90. The Morgan fingerprint density at radius 2 is 2.08 bits per heavy atom. The molecule has 3 rings (SSSR count). The van der Waals surface area contributed by atoms with E-state index in [-0.39, 0.29) is 12.5 Å². The van der Waals surface area contributed by atoms with E-state index >= 15 is 0 Å². The van der Waals surface area contributed by atoms with E-state index in [0.717, 1.165) is 18.3 Å². The van der Waals surface area contributed by atoms with Gasteiger partial charge in [-0.1, -0.05) is 19.9 Å². The van der Waals surface area contributed by atoms with Crippen LogP contribution in [0.4, 0.5) is 8.78 Å². The van der Waals surface area contributed by atoms with Crippen LogP contribution in [0.2, 0.25) is 0 Å². The zero-order valence-electron chi connectivity index (χ0n) is 14.5. The summed E-state index contributed by atoms with van der Waals surface area (Å²) in [6.45, 7) is 6.21. The number of hydrogen-bond acceptors (Lipinski definition) is 2. The topological polar surface area (TPSA) is 37.3 Å². The van der Waals surface area contributed by atoms with E-state index in [4.69, 9.17) is 0 Å². The summed E-state index contributed by atoms with van der Waals surface area (Å²) in [5.41, 5.74) is 1.30. The van der Waals surface area contributed by atoms with Gasteiger partial charge in [-0.05, 0) is 24.1 Å². The van der Waals surface area contributed by atoms with Crippen LogP contribution in [-0.2, 0) is 11.3 Å². The van der Waals surface area contributed by atoms with Gasteiger partial charge in [-0.15, -0.1) is 0 Å². The first-order valence-corrected chi connectivity index (χ1v) is 8.56. The van der Waals surface area contributed by atoms with Gasteiger partial charge in [0.15, 0.2) is 0 Å². The Kier molecular flexibility index (Phi) is 5.18. The van der Waals surface area contributed by atoms with Gasteiger partial charge in [0.25, 0.3) is 0 Å². The predicted octanol–water partition coefficient (Wildman–Crippen LogP) is 2.94. The van der Waals surface area contributed by atoms with Crippen molar-refractivity contribution in [3.63, 3.8) is 0 Å². The minimum atomic E-state index is -0.603. The molecule has 6 heteroatoms. The van der Waals surface area contributed by atoms with Gasteiger partial charge in [-0.3, -0.25) is 9.69 Å². The SMILES string of the molecule is CC(C)CNC(=O)CN1CCn2cccc2C1c1ccc(F)cc1F. The molecule has 0 radical (unpaired) electrons. The molecule has 1 amide bonds. The molecule has 1 aliphatic rings. The number of halogens is 2. The first kappa shape index (κ1) is 17.6. The summed E-state index contributed by atoms with van der Waals surface area (Å²) in [6, 6.07) is 7.05. The molecule has 2 aromatic rings. The molecule has 0 bridgehead atoms. The van der Waals surface area contributed by atoms with Crippen LogP contribution in [0, 0.1) is 17.6 Å². The van der Waals surface area contributed by atoms with Crippen LogP contribution in [0.25, 0.3) is 0 Å². The second kappa shape index (κ2) is 7.35. The van der Waals surface area contributed by atoms with E-state index in [9.17, 15) is 13.6 Å². The molecule has 0 saturated heterocycles. The maximum atomic E-state index is 14.4. The van der Waals surface area contributed by atoms with Crippen LogP contribution >= 0.6 is 0 Å². The highest BCUT2D eigenvalue weighted by atomic mass is 19.1. The van der Waals surface area contributed by atoms with Gasteiger partial charge in [-0.25, -0.2) is 8.78 Å². The number of amides is 1. The Morgan fingerprint density at radius 3 is 2.80 bits per heavy atom. The first-order valence-electron chi connectivity index (χ1n) is 8.56. The van der Waals surface area contributed by atoms with Gasteiger partial charge in [0.05, 0.1) is 12.6 Å². The Labute approximate surface area is 146 Å². The number of hydrogen-bond donors (Lipinski definition) is 1. The monoisotopic (exact) mass is 347 g/mol. The molecule has 2 heterocycles. The third kappa shape index (κ3) is 3.90. The Balaban J connectivity index is 1.88. The quantitative estimate of drug-likeness (QED) is 0.903. The van der Waals surface area contributed by atoms with Gasteiger partial charge < -0.3 is 9.88 Å². The van der Waals surface area contributed by atoms with Crippen LogP contribution < -0.4 is 5.32 Å². The Morgan fingerprint density at radius 1 is 1.28 bits per heavy atom. The molecule has 1 aliphatic heterocycles. The summed E-state index contributed by atoms with van der Waals surface area (Å²) in [5.74, 6) is -0.907. The summed E-state index contributed by atoms with van der Waals surface area (Å²) >= 11 is 0. The number of rotatable bonds is 5. The number of carbonyl (C=O) groups excluding carboxylic acids is 1. The van der Waals surface area contributed by atoms with Crippen molar-refractivity contribution in [2.45, 2.75) is 26.4 Å². The minimum Gasteiger partial charge on any atom is -0.355 e. The number of nitrogens with one attached hydrogen (secondary N) is 1. The molecule has 1 atom stereocenters. The fourth-order valence-electron chi connectivity index (χ4n) is 3.24. The third-order valence-corrected chi connectivity index (χ3v) is 4.45. The summed E-state index contributed by atoms with van der Waals surface area (Å²) < 4.78 is 29.8. The molecular formula is C19H23F2N3O. The van der Waals surface area contributed by atoms with Gasteiger partial charge in [0.1, 0.15) is 11.6 Å². The van der Waals surface area contributed by atoms with Crippen molar-refractivity contribution in [1.29, 1.82) is 0 Å². The number of nitrogens with zero attached hydrogens (tertiary/aromatic N) is 2. The maximum Gasteiger partial charge on any atom is 0.234 e. The molecule has 0 aliphatic carbocycles. The van der Waals surface area contributed by atoms with Gasteiger partial charge >= 0.3 is 0 Å². The molecule has 0 spiro atoms. The van der Waals surface area contributed by atoms with Crippen LogP contribution in [0.3, 0.4) is 0 Å². The van der Waals surface area contributed by atoms with Crippen molar-refractivity contribution in [1.82, 2.24) is 14.8 Å². The molecule has 1 N–H and O–H groups in total. The highest BCUT2D eigenvalue weighted by molar-refractivity contribution is 5.78. The largest absolute Gasteiger partial charge is 0.355 e. The molecule has 25 heavy (non-hydrogen) atoms. The van der Waals surface area contributed by atoms with Crippen molar-refractivity contribution in [2.24, 2.45) is 5.92 Å². The number of carbonyl (C=O) groups is 1. The molecule has 0 fully saturated rings. The average molecular weight is 347 g/mol. The molecule has 1 aromatic heterocycles. The van der Waals surface area contributed by atoms with Crippen LogP contribution in [-0.4, -0.2) is 35.0 Å². The zero-order valence-corrected chi connectivity index (χ0v) is 14.5. The lowest BCUT2D eigenvalue weighted by atomic mass is 9.99. The Bertz CT molecular complexity index is 757. The van der Waals surface area contributed by atoms with Crippen molar-refractivity contribution >= 4 is 5.91 Å². The minimum absolute atomic E-state index is 0.0822. The maximum absolute atomic E-state index is 14.4. The van der Waals surface area contributed by atoms with Crippen molar-refractivity contribution in [3.8, 4) is 0 Å². The molecule has 134 valence electrons. The lowest BCUT2D eigenvalue weighted by molar-refractivity contribution is -0.123. The molecular weight excluding hydrogens is 324 g/mol. The number of fused-ring (bicyclic) bond motifs is 1. The lowest BCUT2D eigenvalue weighted by Gasteiger charge is -2.37. The highest BCUT2D eigenvalue weighted by Gasteiger charge is 2.31. The highest BCUT2D eigenvalue weighted by Crippen LogP contribution is 2.33. The molecule has 0 saturated carbocycles. The first-order chi connectivity index (χ1) is 12.0. The van der Waals surface area contributed by atoms with E-state index < -0.39 is 17.7 Å². The van der Waals surface area contributed by atoms with Gasteiger partial charge in [-0.2, -0.15) is 0 Å². The van der Waals surface area contributed by atoms with Gasteiger partial charge in [0.2, 0.25) is 5.91 Å². The zero-order chi connectivity index (χ0) is 18.0. The van der Waals surface area contributed by atoms with Crippen molar-refractivity contribution < 1.29 is 13.6 Å². The fraction of sp³-hybridized carbons (Fsp3) is 0.421. The molecule has 1 unspecified atom stereocenters. The van der Waals surface area contributed by atoms with E-state index in [1.165, 1.54) is 12.1 Å². The van der Waals surface area contributed by atoms with E-state index in [1.807, 2.05) is 37.1 Å². The van der Waals surface area contributed by atoms with Crippen molar-refractivity contribution in [3.05, 3.63) is 59.4 Å². The summed E-state index contributed by atoms with van der Waals surface area (Å²) in [7, 11) is 0. The van der Waals surface area contributed by atoms with Crippen molar-refractivity contribution in [2.75, 3.05) is 19.6 Å². The average Bonchev–Trinajstić information content (AvgIpc) is 3.02. The van der Waals surface area contributed by atoms with Crippen LogP contribution in [0.5, 0.6) is 0 Å². The smallest absolute Gasteiger partial charge is 0.234 e. The standard InChI is InChI=1S/C19H23F2N3O/c1-13(2)11-22-18(25)12-24-9-8-23-7-3-4-17(23)19(24)15-6-5-14(20)10-16(15)21/h3-7,10,13,19H,8-9,11-12H2,1-2H3,(H,22,25). The number of aromatic nitrogens is 1. The van der Waals surface area contributed by atoms with E-state index in [0.29, 0.717) is 24.6 Å². The van der Waals surface area contributed by atoms with E-state index in [2.05, 4.69) is 9.88 Å². The lowest BCUT2D eigenvalue weighted by Crippen LogP contribution is -2.45. The summed E-state index contributed by atoms with van der Waals surface area (Å²) in [4.78, 5) is 14.2. The normalized spacial score (nSPS) is 17.6. The van der Waals surface area contributed by atoms with Crippen LogP contribution in [0.1, 0.15) is 31.1 Å². The fourth-order valence-corrected chi connectivity index (χ4v) is 3.24. The van der Waals surface area contributed by atoms with E-state index in [1.54, 1.807) is 0 Å². The summed E-state index contributed by atoms with van der Waals surface area (Å²) in [6.07, 6.45) is 1.94. The third-order valence-electron chi connectivity index (χ3n) is 4.45. The second-order valence-corrected chi connectivity index (χ2v) is 6.86. The molecule has 1 aromatic carbocycles.